The van der Waals surface area contributed by atoms with Crippen LogP contribution in [-0.2, 0) is 0 Å². The summed E-state index contributed by atoms with van der Waals surface area (Å²) in [6.07, 6.45) is 11.3. The number of carbonyl (C=O) groups is 1. The molecule has 2 heteroatoms. The van der Waals surface area contributed by atoms with E-state index in [9.17, 15) is 4.79 Å². The molecule has 0 bridgehead atoms. The first-order valence-electron chi connectivity index (χ1n) is 5.87. The number of hydrogen-bond donors (Lipinski definition) is 1. The molecule has 0 aromatic heterocycles. The standard InChI is InChI=1S/C12H13NO.C4H6/c1-3-4-9-13-12(14)11-7-5-10(2)6-8-11;1-3-4-2/h1,5-8H,4,9H2,2H3,(H,13,14);1H,4H2,2H3. The van der Waals surface area contributed by atoms with Gasteiger partial charge in [-0.1, -0.05) is 24.6 Å². The minimum absolute atomic E-state index is 0.0692. The van der Waals surface area contributed by atoms with E-state index in [0.29, 0.717) is 18.5 Å². The quantitative estimate of drug-likeness (QED) is 0.640. The van der Waals surface area contributed by atoms with Gasteiger partial charge in [0, 0.05) is 24.9 Å². The number of nitrogens with one attached hydrogen (secondary N) is 1. The number of terminal acetylenes is 2. The molecular weight excluding hydrogens is 222 g/mol. The van der Waals surface area contributed by atoms with Crippen LogP contribution in [0.15, 0.2) is 24.3 Å². The largest absolute Gasteiger partial charge is 0.351 e. The van der Waals surface area contributed by atoms with Gasteiger partial charge in [-0.3, -0.25) is 4.79 Å². The van der Waals surface area contributed by atoms with E-state index in [1.807, 2.05) is 26.0 Å². The lowest BCUT2D eigenvalue weighted by atomic mass is 10.1. The molecule has 1 N–H and O–H groups in total. The molecule has 0 aliphatic rings. The Morgan fingerprint density at radius 3 is 2.22 bits per heavy atom. The summed E-state index contributed by atoms with van der Waals surface area (Å²) < 4.78 is 0. The number of amides is 1. The van der Waals surface area contributed by atoms with E-state index < -0.39 is 0 Å². The van der Waals surface area contributed by atoms with Crippen LogP contribution < -0.4 is 5.32 Å². The highest BCUT2D eigenvalue weighted by Gasteiger charge is 2.02. The van der Waals surface area contributed by atoms with Gasteiger partial charge < -0.3 is 5.32 Å². The maximum absolute atomic E-state index is 11.5. The molecule has 0 saturated carbocycles. The summed E-state index contributed by atoms with van der Waals surface area (Å²) in [4.78, 5) is 11.5. The maximum atomic E-state index is 11.5. The second kappa shape index (κ2) is 10.00. The first-order chi connectivity index (χ1) is 8.65. The van der Waals surface area contributed by atoms with Crippen LogP contribution in [0.2, 0.25) is 0 Å². The number of carbonyl (C=O) groups excluding carboxylic acids is 1. The van der Waals surface area contributed by atoms with Crippen molar-refractivity contribution < 1.29 is 4.79 Å². The van der Waals surface area contributed by atoms with Crippen LogP contribution in [0.5, 0.6) is 0 Å². The van der Waals surface area contributed by atoms with Crippen LogP contribution >= 0.6 is 0 Å². The number of rotatable bonds is 3. The van der Waals surface area contributed by atoms with Crippen LogP contribution in [0.25, 0.3) is 0 Å². The lowest BCUT2D eigenvalue weighted by Crippen LogP contribution is -2.24. The average Bonchev–Trinajstić information content (AvgIpc) is 2.40. The molecule has 0 aliphatic heterocycles. The summed E-state index contributed by atoms with van der Waals surface area (Å²) >= 11 is 0. The van der Waals surface area contributed by atoms with E-state index in [-0.39, 0.29) is 5.91 Å². The van der Waals surface area contributed by atoms with Crippen molar-refractivity contribution in [2.24, 2.45) is 0 Å². The molecule has 0 spiro atoms. The third-order valence-corrected chi connectivity index (χ3v) is 2.07. The predicted octanol–water partition coefficient (Wildman–Crippen LogP) is 2.78. The molecule has 0 unspecified atom stereocenters. The molecule has 0 radical (unpaired) electrons. The molecule has 0 saturated heterocycles. The van der Waals surface area contributed by atoms with Gasteiger partial charge in [0.25, 0.3) is 5.91 Å². The minimum Gasteiger partial charge on any atom is -0.351 e. The van der Waals surface area contributed by atoms with Crippen molar-refractivity contribution in [2.75, 3.05) is 6.54 Å². The number of aryl methyl sites for hydroxylation is 1. The molecule has 1 aromatic carbocycles. The number of hydrogen-bond acceptors (Lipinski definition) is 1. The van der Waals surface area contributed by atoms with Crippen molar-refractivity contribution in [1.82, 2.24) is 5.32 Å². The average molecular weight is 241 g/mol. The Hall–Kier alpha value is -2.19. The third kappa shape index (κ3) is 7.14. The van der Waals surface area contributed by atoms with E-state index in [4.69, 9.17) is 12.8 Å². The first kappa shape index (κ1) is 15.8. The predicted molar refractivity (Wildman–Crippen MR) is 76.1 cm³/mol. The molecule has 0 fully saturated rings. The Morgan fingerprint density at radius 2 is 1.78 bits per heavy atom. The molecule has 0 heterocycles. The van der Waals surface area contributed by atoms with Crippen molar-refractivity contribution in [2.45, 2.75) is 26.7 Å². The zero-order valence-corrected chi connectivity index (χ0v) is 11.0. The fourth-order valence-corrected chi connectivity index (χ4v) is 1.06. The molecular formula is C16H19NO. The van der Waals surface area contributed by atoms with Crippen LogP contribution in [-0.4, -0.2) is 12.5 Å². The van der Waals surface area contributed by atoms with Crippen LogP contribution in [0.3, 0.4) is 0 Å². The molecule has 94 valence electrons. The van der Waals surface area contributed by atoms with E-state index in [0.717, 1.165) is 12.0 Å². The van der Waals surface area contributed by atoms with Gasteiger partial charge in [0.2, 0.25) is 0 Å². The molecule has 1 aromatic rings. The summed E-state index contributed by atoms with van der Waals surface area (Å²) in [5.74, 6) is 4.83. The smallest absolute Gasteiger partial charge is 0.251 e. The van der Waals surface area contributed by atoms with E-state index in [1.165, 1.54) is 0 Å². The topological polar surface area (TPSA) is 29.1 Å². The summed E-state index contributed by atoms with van der Waals surface area (Å²) in [7, 11) is 0. The highest BCUT2D eigenvalue weighted by Crippen LogP contribution is 2.02. The van der Waals surface area contributed by atoms with Gasteiger partial charge in [0.05, 0.1) is 0 Å². The summed E-state index contributed by atoms with van der Waals surface area (Å²) in [5.41, 5.74) is 1.82. The molecule has 18 heavy (non-hydrogen) atoms. The summed E-state index contributed by atoms with van der Waals surface area (Å²) in [5, 5.41) is 2.74. The van der Waals surface area contributed by atoms with Gasteiger partial charge in [-0.25, -0.2) is 0 Å². The van der Waals surface area contributed by atoms with E-state index in [2.05, 4.69) is 17.2 Å². The van der Waals surface area contributed by atoms with Crippen LogP contribution in [0.1, 0.15) is 35.7 Å². The second-order valence-corrected chi connectivity index (χ2v) is 3.63. The first-order valence-corrected chi connectivity index (χ1v) is 5.87. The second-order valence-electron chi connectivity index (χ2n) is 3.63. The fourth-order valence-electron chi connectivity index (χ4n) is 1.06. The zero-order chi connectivity index (χ0) is 13.8. The highest BCUT2D eigenvalue weighted by atomic mass is 16.1. The van der Waals surface area contributed by atoms with Crippen molar-refractivity contribution in [3.8, 4) is 24.7 Å². The van der Waals surface area contributed by atoms with Gasteiger partial charge in [0.1, 0.15) is 0 Å². The monoisotopic (exact) mass is 241 g/mol. The lowest BCUT2D eigenvalue weighted by molar-refractivity contribution is 0.0954. The zero-order valence-electron chi connectivity index (χ0n) is 11.0. The Morgan fingerprint density at radius 1 is 1.22 bits per heavy atom. The molecule has 0 aliphatic carbocycles. The molecule has 2 nitrogen and oxygen atoms in total. The van der Waals surface area contributed by atoms with Crippen LogP contribution in [0, 0.1) is 31.6 Å². The number of benzene rings is 1. The van der Waals surface area contributed by atoms with Crippen molar-refractivity contribution in [3.63, 3.8) is 0 Å². The van der Waals surface area contributed by atoms with Crippen LogP contribution in [0.4, 0.5) is 0 Å². The van der Waals surface area contributed by atoms with Crippen molar-refractivity contribution >= 4 is 5.91 Å². The highest BCUT2D eigenvalue weighted by molar-refractivity contribution is 5.94. The summed E-state index contributed by atoms with van der Waals surface area (Å²) in [6.45, 7) is 4.46. The van der Waals surface area contributed by atoms with Crippen molar-refractivity contribution in [1.29, 1.82) is 0 Å². The van der Waals surface area contributed by atoms with E-state index >= 15 is 0 Å². The molecule has 1 amide bonds. The molecule has 1 rings (SSSR count). The fraction of sp³-hybridized carbons (Fsp3) is 0.312. The maximum Gasteiger partial charge on any atom is 0.251 e. The van der Waals surface area contributed by atoms with Gasteiger partial charge in [0.15, 0.2) is 0 Å². The van der Waals surface area contributed by atoms with Gasteiger partial charge in [-0.15, -0.1) is 24.7 Å². The van der Waals surface area contributed by atoms with Gasteiger partial charge in [-0.05, 0) is 19.1 Å². The Kier molecular flexibility index (Phi) is 8.78. The lowest BCUT2D eigenvalue weighted by Gasteiger charge is -2.02. The van der Waals surface area contributed by atoms with Gasteiger partial charge in [-0.2, -0.15) is 0 Å². The van der Waals surface area contributed by atoms with E-state index in [1.54, 1.807) is 12.1 Å². The Bertz CT molecular complexity index is 432. The van der Waals surface area contributed by atoms with Crippen molar-refractivity contribution in [3.05, 3.63) is 35.4 Å². The summed E-state index contributed by atoms with van der Waals surface area (Å²) in [6, 6.07) is 7.44. The Balaban J connectivity index is 0.000000631. The minimum atomic E-state index is -0.0692. The molecule has 0 atom stereocenters. The Labute approximate surface area is 110 Å². The third-order valence-electron chi connectivity index (χ3n) is 2.07. The normalized spacial score (nSPS) is 8.22. The SMILES string of the molecule is C#CCC.C#CCCNC(=O)c1ccc(C)cc1. The van der Waals surface area contributed by atoms with Gasteiger partial charge >= 0.3 is 0 Å².